The standard InChI is InChI=1S/C13H11FN4O/c1-19-11-7-6-9-12(17-11)18(13(15)16-9)10-5-3-2-4-8(10)14/h2-7H,1H3,(H2,15,16). The molecule has 0 saturated heterocycles. The van der Waals surface area contributed by atoms with E-state index in [2.05, 4.69) is 9.97 Å². The fourth-order valence-corrected chi connectivity index (χ4v) is 1.94. The van der Waals surface area contributed by atoms with Crippen LogP contribution in [-0.4, -0.2) is 21.6 Å². The van der Waals surface area contributed by atoms with Crippen molar-refractivity contribution in [3.8, 4) is 11.6 Å². The molecule has 1 aromatic carbocycles. The lowest BCUT2D eigenvalue weighted by Gasteiger charge is -2.07. The maximum Gasteiger partial charge on any atom is 0.215 e. The zero-order chi connectivity index (χ0) is 13.4. The fraction of sp³-hybridized carbons (Fsp3) is 0.0769. The molecule has 2 aromatic heterocycles. The van der Waals surface area contributed by atoms with Crippen LogP contribution in [0.5, 0.6) is 5.88 Å². The Hall–Kier alpha value is -2.63. The molecule has 0 spiro atoms. The second-order valence-electron chi connectivity index (χ2n) is 3.95. The van der Waals surface area contributed by atoms with Crippen molar-refractivity contribution in [3.05, 3.63) is 42.2 Å². The van der Waals surface area contributed by atoms with E-state index in [1.807, 2.05) is 0 Å². The zero-order valence-electron chi connectivity index (χ0n) is 10.2. The molecule has 0 aliphatic rings. The van der Waals surface area contributed by atoms with Crippen LogP contribution in [0.25, 0.3) is 16.9 Å². The maximum atomic E-state index is 13.9. The smallest absolute Gasteiger partial charge is 0.215 e. The summed E-state index contributed by atoms with van der Waals surface area (Å²) in [5.74, 6) is 0.212. The molecular formula is C13H11FN4O. The van der Waals surface area contributed by atoms with Crippen molar-refractivity contribution in [2.75, 3.05) is 12.8 Å². The van der Waals surface area contributed by atoms with Gasteiger partial charge in [-0.2, -0.15) is 4.98 Å². The summed E-state index contributed by atoms with van der Waals surface area (Å²) in [6.45, 7) is 0. The van der Waals surface area contributed by atoms with Gasteiger partial charge in [0.15, 0.2) is 5.65 Å². The highest BCUT2D eigenvalue weighted by molar-refractivity contribution is 5.77. The number of para-hydroxylation sites is 1. The number of pyridine rings is 1. The number of aromatic nitrogens is 3. The second kappa shape index (κ2) is 4.24. The van der Waals surface area contributed by atoms with Crippen LogP contribution in [0, 0.1) is 5.82 Å². The van der Waals surface area contributed by atoms with E-state index in [1.54, 1.807) is 30.3 Å². The Morgan fingerprint density at radius 3 is 2.68 bits per heavy atom. The van der Waals surface area contributed by atoms with Crippen molar-refractivity contribution >= 4 is 17.1 Å². The third-order valence-corrected chi connectivity index (χ3v) is 2.81. The van der Waals surface area contributed by atoms with E-state index in [4.69, 9.17) is 10.5 Å². The Morgan fingerprint density at radius 1 is 1.16 bits per heavy atom. The lowest BCUT2D eigenvalue weighted by Crippen LogP contribution is -2.03. The predicted molar refractivity (Wildman–Crippen MR) is 69.8 cm³/mol. The molecule has 0 fully saturated rings. The number of fused-ring (bicyclic) bond motifs is 1. The summed E-state index contributed by atoms with van der Waals surface area (Å²) in [5.41, 5.74) is 7.20. The molecule has 0 radical (unpaired) electrons. The van der Waals surface area contributed by atoms with Crippen molar-refractivity contribution in [1.82, 2.24) is 14.5 Å². The molecule has 0 aliphatic heterocycles. The van der Waals surface area contributed by atoms with Crippen LogP contribution in [0.4, 0.5) is 10.3 Å². The molecule has 5 nitrogen and oxygen atoms in total. The molecule has 96 valence electrons. The van der Waals surface area contributed by atoms with Crippen LogP contribution >= 0.6 is 0 Å². The Kier molecular flexibility index (Phi) is 2.56. The van der Waals surface area contributed by atoms with Gasteiger partial charge in [0, 0.05) is 6.07 Å². The molecule has 2 N–H and O–H groups in total. The van der Waals surface area contributed by atoms with E-state index in [0.29, 0.717) is 22.7 Å². The molecule has 19 heavy (non-hydrogen) atoms. The van der Waals surface area contributed by atoms with Crippen LogP contribution in [0.3, 0.4) is 0 Å². The number of nitrogens with two attached hydrogens (primary N) is 1. The van der Waals surface area contributed by atoms with Gasteiger partial charge in [0.25, 0.3) is 0 Å². The summed E-state index contributed by atoms with van der Waals surface area (Å²) in [6, 6.07) is 9.73. The molecule has 0 amide bonds. The van der Waals surface area contributed by atoms with Crippen molar-refractivity contribution in [2.24, 2.45) is 0 Å². The zero-order valence-corrected chi connectivity index (χ0v) is 10.2. The summed E-state index contributed by atoms with van der Waals surface area (Å²) >= 11 is 0. The SMILES string of the molecule is COc1ccc2nc(N)n(-c3ccccc3F)c2n1. The lowest BCUT2D eigenvalue weighted by molar-refractivity contribution is 0.399. The number of anilines is 1. The summed E-state index contributed by atoms with van der Waals surface area (Å²) < 4.78 is 20.4. The number of benzene rings is 1. The summed E-state index contributed by atoms with van der Waals surface area (Å²) in [4.78, 5) is 8.43. The van der Waals surface area contributed by atoms with Gasteiger partial charge in [0.05, 0.1) is 12.8 Å². The van der Waals surface area contributed by atoms with Gasteiger partial charge >= 0.3 is 0 Å². The molecule has 0 bridgehead atoms. The summed E-state index contributed by atoms with van der Waals surface area (Å²) in [7, 11) is 1.52. The van der Waals surface area contributed by atoms with Crippen molar-refractivity contribution in [1.29, 1.82) is 0 Å². The number of nitrogens with zero attached hydrogens (tertiary/aromatic N) is 3. The Labute approximate surface area is 108 Å². The maximum absolute atomic E-state index is 13.9. The highest BCUT2D eigenvalue weighted by Crippen LogP contribution is 2.24. The highest BCUT2D eigenvalue weighted by atomic mass is 19.1. The number of nitrogen functional groups attached to an aromatic ring is 1. The van der Waals surface area contributed by atoms with E-state index >= 15 is 0 Å². The third-order valence-electron chi connectivity index (χ3n) is 2.81. The van der Waals surface area contributed by atoms with Crippen LogP contribution < -0.4 is 10.5 Å². The van der Waals surface area contributed by atoms with Gasteiger partial charge in [-0.15, -0.1) is 0 Å². The summed E-state index contributed by atoms with van der Waals surface area (Å²) in [6.07, 6.45) is 0. The molecule has 0 unspecified atom stereocenters. The number of hydrogen-bond acceptors (Lipinski definition) is 4. The predicted octanol–water partition coefficient (Wildman–Crippen LogP) is 2.15. The molecular weight excluding hydrogens is 247 g/mol. The molecule has 6 heteroatoms. The van der Waals surface area contributed by atoms with E-state index in [-0.39, 0.29) is 5.95 Å². The van der Waals surface area contributed by atoms with E-state index in [0.717, 1.165) is 0 Å². The average Bonchev–Trinajstić information content (AvgIpc) is 2.74. The number of ether oxygens (including phenoxy) is 1. The number of methoxy groups -OCH3 is 1. The van der Waals surface area contributed by atoms with Crippen LogP contribution in [0.1, 0.15) is 0 Å². The minimum absolute atomic E-state index is 0.181. The molecule has 2 heterocycles. The summed E-state index contributed by atoms with van der Waals surface area (Å²) in [5, 5.41) is 0. The quantitative estimate of drug-likeness (QED) is 0.764. The molecule has 0 atom stereocenters. The van der Waals surface area contributed by atoms with Crippen molar-refractivity contribution < 1.29 is 9.13 Å². The normalized spacial score (nSPS) is 10.8. The topological polar surface area (TPSA) is 66.0 Å². The van der Waals surface area contributed by atoms with E-state index in [1.165, 1.54) is 17.7 Å². The first-order valence-corrected chi connectivity index (χ1v) is 5.64. The first kappa shape index (κ1) is 11.5. The first-order valence-electron chi connectivity index (χ1n) is 5.64. The monoisotopic (exact) mass is 258 g/mol. The van der Waals surface area contributed by atoms with Crippen LogP contribution in [0.15, 0.2) is 36.4 Å². The fourth-order valence-electron chi connectivity index (χ4n) is 1.94. The van der Waals surface area contributed by atoms with Crippen molar-refractivity contribution in [3.63, 3.8) is 0 Å². The third kappa shape index (κ3) is 1.77. The second-order valence-corrected chi connectivity index (χ2v) is 3.95. The van der Waals surface area contributed by atoms with Gasteiger partial charge in [-0.25, -0.2) is 9.37 Å². The van der Waals surface area contributed by atoms with Crippen LogP contribution in [-0.2, 0) is 0 Å². The van der Waals surface area contributed by atoms with Gasteiger partial charge in [0.1, 0.15) is 11.3 Å². The van der Waals surface area contributed by atoms with Gasteiger partial charge in [-0.1, -0.05) is 12.1 Å². The molecule has 0 saturated carbocycles. The number of hydrogen-bond donors (Lipinski definition) is 1. The van der Waals surface area contributed by atoms with Crippen molar-refractivity contribution in [2.45, 2.75) is 0 Å². The Bertz CT molecular complexity index is 753. The largest absolute Gasteiger partial charge is 0.481 e. The molecule has 3 rings (SSSR count). The molecule has 3 aromatic rings. The Morgan fingerprint density at radius 2 is 1.95 bits per heavy atom. The average molecular weight is 258 g/mol. The number of halogens is 1. The van der Waals surface area contributed by atoms with Gasteiger partial charge < -0.3 is 10.5 Å². The first-order chi connectivity index (χ1) is 9.20. The van der Waals surface area contributed by atoms with Gasteiger partial charge in [-0.05, 0) is 18.2 Å². The van der Waals surface area contributed by atoms with Gasteiger partial charge in [0.2, 0.25) is 11.8 Å². The van der Waals surface area contributed by atoms with E-state index in [9.17, 15) is 4.39 Å². The van der Waals surface area contributed by atoms with Gasteiger partial charge in [-0.3, -0.25) is 4.57 Å². The Balaban J connectivity index is 2.34. The number of imidazole rings is 1. The van der Waals surface area contributed by atoms with Crippen LogP contribution in [0.2, 0.25) is 0 Å². The minimum atomic E-state index is -0.391. The molecule has 0 aliphatic carbocycles. The number of rotatable bonds is 2. The minimum Gasteiger partial charge on any atom is -0.481 e. The highest BCUT2D eigenvalue weighted by Gasteiger charge is 2.14. The lowest BCUT2D eigenvalue weighted by atomic mass is 10.3. The van der Waals surface area contributed by atoms with E-state index < -0.39 is 5.82 Å².